The monoisotopic (exact) mass is 447 g/mol. The van der Waals surface area contributed by atoms with Crippen LogP contribution in [0.25, 0.3) is 0 Å². The summed E-state index contributed by atoms with van der Waals surface area (Å²) >= 11 is 0. The van der Waals surface area contributed by atoms with Crippen molar-refractivity contribution in [3.05, 3.63) is 77.2 Å². The second-order valence-corrected chi connectivity index (χ2v) is 7.49. The summed E-state index contributed by atoms with van der Waals surface area (Å²) in [5.41, 5.74) is 5.15. The number of carbonyl (C=O) groups is 2. The van der Waals surface area contributed by atoms with E-state index in [4.69, 9.17) is 13.9 Å². The van der Waals surface area contributed by atoms with E-state index in [1.165, 1.54) is 0 Å². The lowest BCUT2D eigenvalue weighted by atomic mass is 9.93. The van der Waals surface area contributed by atoms with Gasteiger partial charge in [0.15, 0.2) is 5.76 Å². The Balaban J connectivity index is 1.47. The van der Waals surface area contributed by atoms with E-state index in [-0.39, 0.29) is 18.3 Å². The lowest BCUT2D eigenvalue weighted by Crippen LogP contribution is -2.22. The molecule has 8 nitrogen and oxygen atoms in total. The molecule has 2 aromatic carbocycles. The minimum atomic E-state index is -0.615. The highest BCUT2D eigenvalue weighted by atomic mass is 16.5. The number of fused-ring (bicyclic) bond motifs is 1. The van der Waals surface area contributed by atoms with Crippen molar-refractivity contribution in [3.63, 3.8) is 0 Å². The van der Waals surface area contributed by atoms with Gasteiger partial charge in [0.25, 0.3) is 5.91 Å². The van der Waals surface area contributed by atoms with Gasteiger partial charge in [0.1, 0.15) is 17.3 Å². The molecule has 0 saturated heterocycles. The number of aryl methyl sites for hydroxylation is 1. The number of ether oxygens (including phenoxy) is 2. The molecule has 4 rings (SSSR count). The number of rotatable bonds is 6. The van der Waals surface area contributed by atoms with Crippen LogP contribution in [-0.4, -0.2) is 24.3 Å². The quantitative estimate of drug-likeness (QED) is 0.491. The molecule has 0 spiro atoms. The van der Waals surface area contributed by atoms with Crippen molar-refractivity contribution < 1.29 is 23.5 Å². The summed E-state index contributed by atoms with van der Waals surface area (Å²) in [6, 6.07) is 16.6. The van der Waals surface area contributed by atoms with Gasteiger partial charge in [-0.1, -0.05) is 18.2 Å². The molecule has 1 aliphatic carbocycles. The molecule has 0 bridgehead atoms. The van der Waals surface area contributed by atoms with Gasteiger partial charge < -0.3 is 19.2 Å². The number of furan rings is 1. The maximum absolute atomic E-state index is 12.9. The van der Waals surface area contributed by atoms with Crippen LogP contribution >= 0.6 is 0 Å². The summed E-state index contributed by atoms with van der Waals surface area (Å²) in [7, 11) is 0. The third-order valence-electron chi connectivity index (χ3n) is 5.18. The first-order valence-corrected chi connectivity index (χ1v) is 10.8. The summed E-state index contributed by atoms with van der Waals surface area (Å²) < 4.78 is 16.5. The van der Waals surface area contributed by atoms with Gasteiger partial charge in [-0.3, -0.25) is 4.79 Å². The largest absolute Gasteiger partial charge is 0.457 e. The molecule has 2 N–H and O–H groups in total. The van der Waals surface area contributed by atoms with Crippen molar-refractivity contribution in [2.45, 2.75) is 33.1 Å². The Bertz CT molecular complexity index is 1170. The lowest BCUT2D eigenvalue weighted by Gasteiger charge is -2.13. The number of benzene rings is 2. The summed E-state index contributed by atoms with van der Waals surface area (Å²) in [4.78, 5) is 24.5. The van der Waals surface area contributed by atoms with Gasteiger partial charge in [0.05, 0.1) is 12.3 Å². The Kier molecular flexibility index (Phi) is 6.73. The number of nitrogens with one attached hydrogen (secondary N) is 2. The Morgan fingerprint density at radius 3 is 2.48 bits per heavy atom. The fourth-order valence-electron chi connectivity index (χ4n) is 3.69. The smallest absolute Gasteiger partial charge is 0.427 e. The van der Waals surface area contributed by atoms with Crippen molar-refractivity contribution in [1.82, 2.24) is 5.43 Å². The van der Waals surface area contributed by atoms with Crippen LogP contribution in [-0.2, 0) is 11.2 Å². The van der Waals surface area contributed by atoms with Crippen LogP contribution < -0.4 is 15.5 Å². The van der Waals surface area contributed by atoms with E-state index in [1.807, 2.05) is 37.3 Å². The summed E-state index contributed by atoms with van der Waals surface area (Å²) in [5.74, 6) is 1.98. The van der Waals surface area contributed by atoms with Crippen molar-refractivity contribution in [3.8, 4) is 11.5 Å². The molecule has 1 aliphatic rings. The summed E-state index contributed by atoms with van der Waals surface area (Å²) in [6.45, 7) is 3.80. The Morgan fingerprint density at radius 1 is 1.03 bits per heavy atom. The normalized spacial score (nSPS) is 13.8. The van der Waals surface area contributed by atoms with Crippen LogP contribution in [0.1, 0.15) is 47.2 Å². The first kappa shape index (κ1) is 22.1. The summed E-state index contributed by atoms with van der Waals surface area (Å²) in [6.07, 6.45) is 1.57. The van der Waals surface area contributed by atoms with Gasteiger partial charge in [-0.15, -0.1) is 0 Å². The number of nitrogens with zero attached hydrogens (tertiary/aromatic N) is 1. The Morgan fingerprint density at radius 2 is 1.76 bits per heavy atom. The number of amides is 2. The van der Waals surface area contributed by atoms with E-state index in [9.17, 15) is 9.59 Å². The van der Waals surface area contributed by atoms with Crippen LogP contribution in [0.3, 0.4) is 0 Å². The molecule has 0 atom stereocenters. The predicted molar refractivity (Wildman–Crippen MR) is 124 cm³/mol. The topological polar surface area (TPSA) is 102 Å². The molecule has 0 saturated carbocycles. The van der Waals surface area contributed by atoms with E-state index >= 15 is 0 Å². The first-order valence-electron chi connectivity index (χ1n) is 10.8. The van der Waals surface area contributed by atoms with E-state index in [2.05, 4.69) is 15.8 Å². The second-order valence-electron chi connectivity index (χ2n) is 7.49. The molecule has 0 radical (unpaired) electrons. The van der Waals surface area contributed by atoms with Crippen molar-refractivity contribution in [1.29, 1.82) is 0 Å². The average Bonchev–Trinajstić information content (AvgIpc) is 3.17. The van der Waals surface area contributed by atoms with Gasteiger partial charge in [-0.05, 0) is 63.1 Å². The molecule has 2 amide bonds. The van der Waals surface area contributed by atoms with Crippen LogP contribution in [0.2, 0.25) is 0 Å². The standard InChI is InChI=1S/C25H25N3O5/c1-3-31-25(30)28-27-20-10-7-11-21-22(20)16(2)23(33-21)24(29)26-17-12-14-19(15-13-17)32-18-8-5-4-6-9-18/h4-6,8-9,12-15H,3,7,10-11H2,1-2H3,(H,26,29)(H,28,30)/b27-20+. The highest BCUT2D eigenvalue weighted by Gasteiger charge is 2.28. The van der Waals surface area contributed by atoms with Gasteiger partial charge in [0.2, 0.25) is 0 Å². The molecule has 33 heavy (non-hydrogen) atoms. The lowest BCUT2D eigenvalue weighted by molar-refractivity contribution is 0.0994. The van der Waals surface area contributed by atoms with Gasteiger partial charge in [0, 0.05) is 23.2 Å². The zero-order valence-corrected chi connectivity index (χ0v) is 18.5. The zero-order valence-electron chi connectivity index (χ0n) is 18.5. The number of carbonyl (C=O) groups excluding carboxylic acids is 2. The molecule has 0 aliphatic heterocycles. The van der Waals surface area contributed by atoms with E-state index in [1.54, 1.807) is 31.2 Å². The summed E-state index contributed by atoms with van der Waals surface area (Å²) in [5, 5.41) is 7.05. The maximum Gasteiger partial charge on any atom is 0.427 e. The van der Waals surface area contributed by atoms with Crippen LogP contribution in [0.5, 0.6) is 11.5 Å². The highest BCUT2D eigenvalue weighted by molar-refractivity contribution is 6.09. The minimum Gasteiger partial charge on any atom is -0.457 e. The SMILES string of the molecule is CCOC(=O)N/N=C1\CCCc2oc(C(=O)Nc3ccc(Oc4ccccc4)cc3)c(C)c21. The fraction of sp³-hybridized carbons (Fsp3) is 0.240. The van der Waals surface area contributed by atoms with Crippen LogP contribution in [0.15, 0.2) is 64.1 Å². The van der Waals surface area contributed by atoms with Crippen LogP contribution in [0, 0.1) is 6.92 Å². The molecular formula is C25H25N3O5. The molecule has 0 unspecified atom stereocenters. The highest BCUT2D eigenvalue weighted by Crippen LogP contribution is 2.30. The molecule has 3 aromatic rings. The van der Waals surface area contributed by atoms with Gasteiger partial charge >= 0.3 is 6.09 Å². The molecular weight excluding hydrogens is 422 g/mol. The van der Waals surface area contributed by atoms with Crippen molar-refractivity contribution in [2.75, 3.05) is 11.9 Å². The zero-order chi connectivity index (χ0) is 23.2. The second kappa shape index (κ2) is 10.0. The fourth-order valence-corrected chi connectivity index (χ4v) is 3.69. The molecule has 0 fully saturated rings. The maximum atomic E-state index is 12.9. The predicted octanol–water partition coefficient (Wildman–Crippen LogP) is 5.42. The van der Waals surface area contributed by atoms with Crippen LogP contribution in [0.4, 0.5) is 10.5 Å². The Hall–Kier alpha value is -4.07. The van der Waals surface area contributed by atoms with Crippen molar-refractivity contribution >= 4 is 23.4 Å². The number of hydrazone groups is 1. The number of para-hydroxylation sites is 1. The minimum absolute atomic E-state index is 0.232. The number of anilines is 1. The Labute approximate surface area is 191 Å². The van der Waals surface area contributed by atoms with E-state index in [0.717, 1.165) is 17.7 Å². The molecule has 170 valence electrons. The third kappa shape index (κ3) is 5.23. The average molecular weight is 447 g/mol. The molecule has 1 aromatic heterocycles. The van der Waals surface area contributed by atoms with E-state index in [0.29, 0.717) is 41.3 Å². The third-order valence-corrected chi connectivity index (χ3v) is 5.18. The van der Waals surface area contributed by atoms with E-state index < -0.39 is 6.09 Å². The molecule has 1 heterocycles. The number of hydrogen-bond donors (Lipinski definition) is 2. The first-order chi connectivity index (χ1) is 16.0. The number of hydrogen-bond acceptors (Lipinski definition) is 6. The molecule has 8 heteroatoms. The van der Waals surface area contributed by atoms with Crippen molar-refractivity contribution in [2.24, 2.45) is 5.10 Å². The van der Waals surface area contributed by atoms with Gasteiger partial charge in [-0.25, -0.2) is 10.2 Å². The van der Waals surface area contributed by atoms with Gasteiger partial charge in [-0.2, -0.15) is 5.10 Å².